The molecule has 2 atom stereocenters. The lowest BCUT2D eigenvalue weighted by Crippen LogP contribution is -2.44. The number of hydrogen-bond acceptors (Lipinski definition) is 8. The van der Waals surface area contributed by atoms with E-state index in [2.05, 4.69) is 98.9 Å². The molecule has 0 saturated heterocycles. The van der Waals surface area contributed by atoms with Crippen molar-refractivity contribution in [1.82, 2.24) is 0 Å². The molecule has 0 amide bonds. The van der Waals surface area contributed by atoms with Crippen LogP contribution in [0.15, 0.2) is 85.1 Å². The average molecular weight is 1350 g/mol. The second-order valence-electron chi connectivity index (χ2n) is 29.0. The molecule has 0 N–H and O–H groups in total. The van der Waals surface area contributed by atoms with Crippen LogP contribution in [0.25, 0.3) is 0 Å². The van der Waals surface area contributed by atoms with Crippen molar-refractivity contribution in [3.05, 3.63) is 85.1 Å². The second kappa shape index (κ2) is 77.2. The number of rotatable bonds is 77. The van der Waals surface area contributed by atoms with Crippen LogP contribution in [-0.4, -0.2) is 82.3 Å². The third-order valence-electron chi connectivity index (χ3n) is 18.4. The van der Waals surface area contributed by atoms with Gasteiger partial charge < -0.3 is 33.3 Å². The summed E-state index contributed by atoms with van der Waals surface area (Å²) >= 11 is 0. The molecule has 0 saturated carbocycles. The van der Waals surface area contributed by atoms with Crippen LogP contribution >= 0.6 is 0 Å². The van der Waals surface area contributed by atoms with Crippen LogP contribution in [0, 0.1) is 0 Å². The van der Waals surface area contributed by atoms with Gasteiger partial charge in [-0.2, -0.15) is 0 Å². The molecule has 0 aromatic rings. The molecule has 96 heavy (non-hydrogen) atoms. The van der Waals surface area contributed by atoms with Crippen molar-refractivity contribution in [2.24, 2.45) is 0 Å². The molecule has 9 nitrogen and oxygen atoms in total. The monoisotopic (exact) mass is 1340 g/mol. The third kappa shape index (κ3) is 77.8. The molecule has 0 rings (SSSR count). The fourth-order valence-corrected chi connectivity index (χ4v) is 12.2. The van der Waals surface area contributed by atoms with Gasteiger partial charge in [0.1, 0.15) is 13.2 Å². The van der Waals surface area contributed by atoms with E-state index >= 15 is 0 Å². The van der Waals surface area contributed by atoms with Gasteiger partial charge in [0.05, 0.1) is 40.3 Å². The Hall–Kier alpha value is -3.53. The first kappa shape index (κ1) is 92.5. The number of hydrogen-bond donors (Lipinski definition) is 0. The number of ether oxygens (including phenoxy) is 4. The SMILES string of the molecule is CC/C=C\C/C=C\C/C=C\C/C=C\C/C=C\C/C=C\C/C=C\CCCCCCCCCCCCCCCCCCCCCC(=O)OC(COC(=O)CCCCCCCCCCCCCCCCCCCCCCCCCCCCCCCC)COC(OCC[N+](C)(C)C)C(=O)[O-]. The summed E-state index contributed by atoms with van der Waals surface area (Å²) < 4.78 is 22.9. The minimum atomic E-state index is -1.62. The molecular weight excluding hydrogens is 1190 g/mol. The van der Waals surface area contributed by atoms with Crippen LogP contribution in [0.1, 0.15) is 393 Å². The summed E-state index contributed by atoms with van der Waals surface area (Å²) in [6.07, 6.45) is 103. The Kier molecular flexibility index (Phi) is 74.4. The second-order valence-corrected chi connectivity index (χ2v) is 29.0. The fraction of sp³-hybridized carbons (Fsp3) is 0.805. The molecule has 0 fully saturated rings. The Morgan fingerprint density at radius 1 is 0.323 bits per heavy atom. The number of esters is 2. The van der Waals surface area contributed by atoms with E-state index in [1.807, 2.05) is 21.1 Å². The summed E-state index contributed by atoms with van der Waals surface area (Å²) in [5.41, 5.74) is 0. The van der Waals surface area contributed by atoms with E-state index in [-0.39, 0.29) is 32.2 Å². The molecule has 0 heterocycles. The molecule has 558 valence electrons. The van der Waals surface area contributed by atoms with Gasteiger partial charge in [-0.25, -0.2) is 0 Å². The van der Waals surface area contributed by atoms with E-state index in [1.165, 1.54) is 283 Å². The highest BCUT2D eigenvalue weighted by Gasteiger charge is 2.22. The van der Waals surface area contributed by atoms with E-state index in [0.29, 0.717) is 23.9 Å². The minimum absolute atomic E-state index is 0.149. The van der Waals surface area contributed by atoms with Crippen molar-refractivity contribution in [2.75, 3.05) is 47.5 Å². The third-order valence-corrected chi connectivity index (χ3v) is 18.4. The van der Waals surface area contributed by atoms with Crippen LogP contribution in [0.4, 0.5) is 0 Å². The molecule has 0 bridgehead atoms. The van der Waals surface area contributed by atoms with Crippen LogP contribution in [-0.2, 0) is 33.3 Å². The van der Waals surface area contributed by atoms with Gasteiger partial charge in [0.25, 0.3) is 0 Å². The Bertz CT molecular complexity index is 1860. The number of allylic oxidation sites excluding steroid dienone is 14. The number of unbranched alkanes of at least 4 members (excludes halogenated alkanes) is 48. The maximum Gasteiger partial charge on any atom is 0.306 e. The lowest BCUT2D eigenvalue weighted by Gasteiger charge is -2.26. The summed E-state index contributed by atoms with van der Waals surface area (Å²) in [5.74, 6) is -2.25. The van der Waals surface area contributed by atoms with Crippen molar-refractivity contribution in [1.29, 1.82) is 0 Å². The first-order valence-electron chi connectivity index (χ1n) is 41.2. The number of aliphatic carboxylic acids is 1. The number of carboxylic acid groups (broad SMARTS) is 1. The highest BCUT2D eigenvalue weighted by atomic mass is 16.7. The van der Waals surface area contributed by atoms with E-state index < -0.39 is 24.3 Å². The highest BCUT2D eigenvalue weighted by molar-refractivity contribution is 5.70. The quantitative estimate of drug-likeness (QED) is 0.0195. The van der Waals surface area contributed by atoms with Crippen LogP contribution < -0.4 is 5.11 Å². The predicted molar refractivity (Wildman–Crippen MR) is 412 cm³/mol. The molecule has 0 aliphatic carbocycles. The zero-order chi connectivity index (χ0) is 69.7. The summed E-state index contributed by atoms with van der Waals surface area (Å²) in [6.45, 7) is 4.70. The van der Waals surface area contributed by atoms with E-state index in [4.69, 9.17) is 18.9 Å². The summed E-state index contributed by atoms with van der Waals surface area (Å²) in [4.78, 5) is 37.6. The number of carbonyl (C=O) groups is 3. The van der Waals surface area contributed by atoms with Crippen molar-refractivity contribution < 1.29 is 42.9 Å². The molecule has 0 aromatic carbocycles. The Balaban J connectivity index is 3.97. The normalized spacial score (nSPS) is 13.1. The predicted octanol–water partition coefficient (Wildman–Crippen LogP) is 25.2. The molecule has 2 unspecified atom stereocenters. The minimum Gasteiger partial charge on any atom is -0.545 e. The zero-order valence-electron chi connectivity index (χ0n) is 64.0. The molecule has 0 aliphatic heterocycles. The zero-order valence-corrected chi connectivity index (χ0v) is 64.0. The van der Waals surface area contributed by atoms with Gasteiger partial charge in [-0.3, -0.25) is 9.59 Å². The largest absolute Gasteiger partial charge is 0.545 e. The van der Waals surface area contributed by atoms with Gasteiger partial charge in [0, 0.05) is 12.8 Å². The number of nitrogens with zero attached hydrogens (tertiary/aromatic N) is 1. The Labute approximate surface area is 595 Å². The smallest absolute Gasteiger partial charge is 0.306 e. The van der Waals surface area contributed by atoms with Gasteiger partial charge in [0.2, 0.25) is 0 Å². The van der Waals surface area contributed by atoms with E-state index in [9.17, 15) is 19.5 Å². The van der Waals surface area contributed by atoms with E-state index in [1.54, 1.807) is 0 Å². The van der Waals surface area contributed by atoms with Crippen molar-refractivity contribution in [3.63, 3.8) is 0 Å². The molecule has 0 radical (unpaired) electrons. The van der Waals surface area contributed by atoms with Gasteiger partial charge in [-0.15, -0.1) is 0 Å². The number of carbonyl (C=O) groups excluding carboxylic acids is 3. The van der Waals surface area contributed by atoms with Gasteiger partial charge in [-0.1, -0.05) is 394 Å². The molecule has 0 spiro atoms. The lowest BCUT2D eigenvalue weighted by molar-refractivity contribution is -0.870. The number of carboxylic acids is 1. The lowest BCUT2D eigenvalue weighted by atomic mass is 10.0. The maximum absolute atomic E-state index is 13.0. The highest BCUT2D eigenvalue weighted by Crippen LogP contribution is 2.20. The van der Waals surface area contributed by atoms with Gasteiger partial charge in [0.15, 0.2) is 12.4 Å². The molecular formula is C87H157NO8. The standard InChI is InChI=1S/C87H157NO8/c1-6-8-10-12-14-16-18-20-22-24-26-28-30-32-34-36-38-39-40-41-42-43-44-45-46-47-48-50-52-54-56-58-60-62-64-66-68-70-72-74-76-78-85(90)96-83(82-95-87(86(91)92)93-80-79-88(3,4)5)81-94-84(89)77-75-73-71-69-67-65-63-61-59-57-55-53-51-49-37-35-33-31-29-27-25-23-21-19-17-15-13-11-9-7-2/h8,10,14,16,20,22,26,28,32,34,38-39,41-42,83,87H,6-7,9,11-13,15,17-19,21,23-25,27,29-31,33,35-37,40,43-82H2,1-5H3/b10-8-,16-14-,22-20-,28-26-,34-32-,39-38-,42-41-. The van der Waals surface area contributed by atoms with Crippen LogP contribution in [0.2, 0.25) is 0 Å². The van der Waals surface area contributed by atoms with Gasteiger partial charge >= 0.3 is 11.9 Å². The maximum atomic E-state index is 13.0. The summed E-state index contributed by atoms with van der Waals surface area (Å²) in [7, 11) is 5.95. The first-order chi connectivity index (χ1) is 47.1. The van der Waals surface area contributed by atoms with Crippen molar-refractivity contribution in [2.45, 2.75) is 405 Å². The average Bonchev–Trinajstić information content (AvgIpc) is 2.59. The van der Waals surface area contributed by atoms with Crippen LogP contribution in [0.3, 0.4) is 0 Å². The van der Waals surface area contributed by atoms with Crippen molar-refractivity contribution in [3.8, 4) is 0 Å². The topological polar surface area (TPSA) is 111 Å². The molecule has 0 aromatic heterocycles. The molecule has 0 aliphatic rings. The summed E-state index contributed by atoms with van der Waals surface area (Å²) in [6, 6.07) is 0. The Morgan fingerprint density at radius 3 is 0.885 bits per heavy atom. The summed E-state index contributed by atoms with van der Waals surface area (Å²) in [5, 5.41) is 11.9. The van der Waals surface area contributed by atoms with Gasteiger partial charge in [-0.05, 0) is 70.6 Å². The number of quaternary nitrogens is 1. The fourth-order valence-electron chi connectivity index (χ4n) is 12.2. The molecule has 9 heteroatoms. The van der Waals surface area contributed by atoms with Crippen molar-refractivity contribution >= 4 is 17.9 Å². The number of likely N-dealkylation sites (N-methyl/N-ethyl adjacent to an activating group) is 1. The van der Waals surface area contributed by atoms with E-state index in [0.717, 1.165) is 77.0 Å². The Morgan fingerprint density at radius 2 is 0.594 bits per heavy atom. The van der Waals surface area contributed by atoms with Crippen LogP contribution in [0.5, 0.6) is 0 Å². The first-order valence-corrected chi connectivity index (χ1v) is 41.2.